The average molecular weight is 364 g/mol. The molecule has 0 saturated carbocycles. The SMILES string of the molecule is Cc1cccc(C=NNc2nc(Cl)nc3c2ncn3-c2cccnc2)c1. The Bertz CT molecular complexity index is 1090. The molecule has 1 N–H and O–H groups in total. The summed E-state index contributed by atoms with van der Waals surface area (Å²) in [5, 5.41) is 4.35. The highest BCUT2D eigenvalue weighted by Gasteiger charge is 2.13. The zero-order valence-electron chi connectivity index (χ0n) is 13.8. The molecule has 0 radical (unpaired) electrons. The predicted molar refractivity (Wildman–Crippen MR) is 102 cm³/mol. The van der Waals surface area contributed by atoms with E-state index in [0.29, 0.717) is 17.0 Å². The minimum atomic E-state index is 0.108. The Balaban J connectivity index is 1.69. The third-order valence-electron chi connectivity index (χ3n) is 3.72. The Morgan fingerprint density at radius 1 is 1.19 bits per heavy atom. The van der Waals surface area contributed by atoms with Gasteiger partial charge in [-0.1, -0.05) is 29.8 Å². The molecule has 128 valence electrons. The van der Waals surface area contributed by atoms with E-state index in [0.717, 1.165) is 16.8 Å². The van der Waals surface area contributed by atoms with Crippen molar-refractivity contribution >= 4 is 34.8 Å². The fourth-order valence-corrected chi connectivity index (χ4v) is 2.72. The van der Waals surface area contributed by atoms with Gasteiger partial charge in [0.15, 0.2) is 17.0 Å². The van der Waals surface area contributed by atoms with Crippen LogP contribution in [0.15, 0.2) is 60.2 Å². The number of anilines is 1. The second-order valence-corrected chi connectivity index (χ2v) is 5.96. The normalized spacial score (nSPS) is 11.3. The lowest BCUT2D eigenvalue weighted by Gasteiger charge is -2.04. The molecule has 0 atom stereocenters. The molecule has 7 nitrogen and oxygen atoms in total. The van der Waals surface area contributed by atoms with Gasteiger partial charge in [0, 0.05) is 6.20 Å². The highest BCUT2D eigenvalue weighted by molar-refractivity contribution is 6.28. The summed E-state index contributed by atoms with van der Waals surface area (Å²) in [6.45, 7) is 2.03. The van der Waals surface area contributed by atoms with Crippen LogP contribution < -0.4 is 5.43 Å². The smallest absolute Gasteiger partial charge is 0.226 e. The van der Waals surface area contributed by atoms with Crippen molar-refractivity contribution < 1.29 is 0 Å². The first-order valence-corrected chi connectivity index (χ1v) is 8.25. The van der Waals surface area contributed by atoms with Crippen LogP contribution in [0.1, 0.15) is 11.1 Å². The molecular formula is C18H14ClN7. The van der Waals surface area contributed by atoms with E-state index in [1.165, 1.54) is 0 Å². The van der Waals surface area contributed by atoms with E-state index < -0.39 is 0 Å². The van der Waals surface area contributed by atoms with Crippen molar-refractivity contribution in [3.05, 3.63) is 71.5 Å². The average Bonchev–Trinajstić information content (AvgIpc) is 3.06. The van der Waals surface area contributed by atoms with E-state index >= 15 is 0 Å². The molecule has 0 fully saturated rings. The minimum Gasteiger partial charge on any atom is -0.282 e. The number of imidazole rings is 1. The number of nitrogens with one attached hydrogen (secondary N) is 1. The van der Waals surface area contributed by atoms with Crippen LogP contribution in [-0.4, -0.2) is 30.7 Å². The van der Waals surface area contributed by atoms with Crippen molar-refractivity contribution in [2.75, 3.05) is 5.43 Å². The van der Waals surface area contributed by atoms with Gasteiger partial charge in [0.05, 0.1) is 18.1 Å². The Labute approximate surface area is 154 Å². The number of aryl methyl sites for hydroxylation is 1. The van der Waals surface area contributed by atoms with Gasteiger partial charge in [0.2, 0.25) is 5.28 Å². The minimum absolute atomic E-state index is 0.108. The van der Waals surface area contributed by atoms with Crippen LogP contribution >= 0.6 is 11.6 Å². The molecule has 0 spiro atoms. The van der Waals surface area contributed by atoms with E-state index in [9.17, 15) is 0 Å². The van der Waals surface area contributed by atoms with Crippen LogP contribution in [-0.2, 0) is 0 Å². The number of nitrogens with zero attached hydrogens (tertiary/aromatic N) is 6. The molecule has 0 amide bonds. The van der Waals surface area contributed by atoms with Crippen LogP contribution in [0, 0.1) is 6.92 Å². The highest BCUT2D eigenvalue weighted by atomic mass is 35.5. The van der Waals surface area contributed by atoms with Crippen molar-refractivity contribution in [3.8, 4) is 5.69 Å². The van der Waals surface area contributed by atoms with Gasteiger partial charge in [-0.2, -0.15) is 15.1 Å². The molecule has 1 aromatic carbocycles. The van der Waals surface area contributed by atoms with Gasteiger partial charge in [0.25, 0.3) is 0 Å². The number of benzene rings is 1. The Kier molecular flexibility index (Phi) is 4.28. The van der Waals surface area contributed by atoms with Crippen molar-refractivity contribution in [1.82, 2.24) is 24.5 Å². The number of hydrogen-bond donors (Lipinski definition) is 1. The molecule has 0 aliphatic carbocycles. The van der Waals surface area contributed by atoms with Gasteiger partial charge in [-0.05, 0) is 36.2 Å². The highest BCUT2D eigenvalue weighted by Crippen LogP contribution is 2.23. The lowest BCUT2D eigenvalue weighted by molar-refractivity contribution is 1.04. The summed E-state index contributed by atoms with van der Waals surface area (Å²) in [4.78, 5) is 17.0. The summed E-state index contributed by atoms with van der Waals surface area (Å²) in [6.07, 6.45) is 6.80. The monoisotopic (exact) mass is 363 g/mol. The summed E-state index contributed by atoms with van der Waals surface area (Å²) in [6, 6.07) is 11.8. The molecule has 3 heterocycles. The molecule has 0 saturated heterocycles. The van der Waals surface area contributed by atoms with Gasteiger partial charge in [-0.3, -0.25) is 15.0 Å². The quantitative estimate of drug-likeness (QED) is 0.340. The Morgan fingerprint density at radius 3 is 2.92 bits per heavy atom. The van der Waals surface area contributed by atoms with Crippen LogP contribution in [0.2, 0.25) is 5.28 Å². The first-order valence-electron chi connectivity index (χ1n) is 7.87. The predicted octanol–water partition coefficient (Wildman–Crippen LogP) is 3.62. The topological polar surface area (TPSA) is 80.9 Å². The van der Waals surface area contributed by atoms with Crippen LogP contribution in [0.3, 0.4) is 0 Å². The summed E-state index contributed by atoms with van der Waals surface area (Å²) in [5.41, 5.74) is 7.03. The maximum atomic E-state index is 6.09. The maximum Gasteiger partial charge on any atom is 0.226 e. The van der Waals surface area contributed by atoms with E-state index in [2.05, 4.69) is 30.5 Å². The van der Waals surface area contributed by atoms with Crippen molar-refractivity contribution in [3.63, 3.8) is 0 Å². The molecule has 0 unspecified atom stereocenters. The molecule has 4 rings (SSSR count). The zero-order chi connectivity index (χ0) is 17.9. The largest absolute Gasteiger partial charge is 0.282 e. The molecular weight excluding hydrogens is 350 g/mol. The summed E-state index contributed by atoms with van der Waals surface area (Å²) in [5.74, 6) is 0.437. The van der Waals surface area contributed by atoms with E-state index in [4.69, 9.17) is 11.6 Å². The number of aromatic nitrogens is 5. The van der Waals surface area contributed by atoms with Gasteiger partial charge < -0.3 is 0 Å². The third-order valence-corrected chi connectivity index (χ3v) is 3.89. The number of hydrazone groups is 1. The molecule has 26 heavy (non-hydrogen) atoms. The first kappa shape index (κ1) is 16.2. The second kappa shape index (κ2) is 6.89. The maximum absolute atomic E-state index is 6.09. The van der Waals surface area contributed by atoms with Crippen molar-refractivity contribution in [2.45, 2.75) is 6.92 Å². The number of hydrogen-bond acceptors (Lipinski definition) is 6. The second-order valence-electron chi connectivity index (χ2n) is 5.62. The van der Waals surface area contributed by atoms with Crippen LogP contribution in [0.4, 0.5) is 5.82 Å². The molecule has 0 aliphatic rings. The molecule has 4 aromatic rings. The standard InChI is InChI=1S/C18H14ClN7/c1-12-4-2-5-13(8-12)9-22-25-16-15-17(24-18(19)23-16)26(11-21-15)14-6-3-7-20-10-14/h2-11H,1H3,(H,23,24,25). The Morgan fingerprint density at radius 2 is 2.12 bits per heavy atom. The van der Waals surface area contributed by atoms with Crippen molar-refractivity contribution in [2.24, 2.45) is 5.10 Å². The molecule has 0 aliphatic heterocycles. The fourth-order valence-electron chi connectivity index (χ4n) is 2.55. The lowest BCUT2D eigenvalue weighted by Crippen LogP contribution is -1.99. The van der Waals surface area contributed by atoms with Crippen LogP contribution in [0.5, 0.6) is 0 Å². The van der Waals surface area contributed by atoms with E-state index in [1.54, 1.807) is 29.5 Å². The number of pyridine rings is 1. The van der Waals surface area contributed by atoms with Crippen molar-refractivity contribution in [1.29, 1.82) is 0 Å². The number of fused-ring (bicyclic) bond motifs is 1. The molecule has 3 aromatic heterocycles. The van der Waals surface area contributed by atoms with Crippen LogP contribution in [0.25, 0.3) is 16.9 Å². The van der Waals surface area contributed by atoms with Gasteiger partial charge in [-0.25, -0.2) is 4.98 Å². The Hall–Kier alpha value is -3.32. The number of rotatable bonds is 4. The van der Waals surface area contributed by atoms with Gasteiger partial charge >= 0.3 is 0 Å². The van der Waals surface area contributed by atoms with E-state index in [-0.39, 0.29) is 5.28 Å². The first-order chi connectivity index (χ1) is 12.7. The third kappa shape index (κ3) is 3.25. The summed E-state index contributed by atoms with van der Waals surface area (Å²) in [7, 11) is 0. The number of halogens is 1. The summed E-state index contributed by atoms with van der Waals surface area (Å²) < 4.78 is 1.80. The van der Waals surface area contributed by atoms with E-state index in [1.807, 2.05) is 43.3 Å². The lowest BCUT2D eigenvalue weighted by atomic mass is 10.2. The summed E-state index contributed by atoms with van der Waals surface area (Å²) >= 11 is 6.09. The van der Waals surface area contributed by atoms with Gasteiger partial charge in [-0.15, -0.1) is 0 Å². The van der Waals surface area contributed by atoms with Gasteiger partial charge in [0.1, 0.15) is 6.33 Å². The molecule has 8 heteroatoms. The zero-order valence-corrected chi connectivity index (χ0v) is 14.6. The molecule has 0 bridgehead atoms. The fraction of sp³-hybridized carbons (Fsp3) is 0.0556.